The normalized spacial score (nSPS) is 29.6. The molecule has 0 aromatic heterocycles. The van der Waals surface area contributed by atoms with Gasteiger partial charge in [-0.3, -0.25) is 0 Å². The van der Waals surface area contributed by atoms with Gasteiger partial charge >= 0.3 is 0 Å². The summed E-state index contributed by atoms with van der Waals surface area (Å²) in [7, 11) is -3.26. The first-order valence-electron chi connectivity index (χ1n) is 7.38. The molecule has 0 aromatic carbocycles. The highest BCUT2D eigenvalue weighted by Gasteiger charge is 2.42. The number of rotatable bonds is 8. The summed E-state index contributed by atoms with van der Waals surface area (Å²) in [6.45, 7) is 5.87. The monoisotopic (exact) mass is 290 g/mol. The summed E-state index contributed by atoms with van der Waals surface area (Å²) in [6, 6.07) is -0.0221. The van der Waals surface area contributed by atoms with Gasteiger partial charge in [-0.05, 0) is 45.1 Å². The van der Waals surface area contributed by atoms with Gasteiger partial charge in [0.15, 0.2) is 0 Å². The first-order chi connectivity index (χ1) is 9.04. The number of hydrogen-bond donors (Lipinski definition) is 2. The summed E-state index contributed by atoms with van der Waals surface area (Å²) in [6.07, 6.45) is 4.27. The average molecular weight is 290 g/mol. The third-order valence-electron chi connectivity index (χ3n) is 3.93. The van der Waals surface area contributed by atoms with Crippen LogP contribution in [0.4, 0.5) is 0 Å². The van der Waals surface area contributed by atoms with Crippen molar-refractivity contribution in [2.24, 2.45) is 5.92 Å². The fourth-order valence-corrected chi connectivity index (χ4v) is 3.79. The first-order valence-corrected chi connectivity index (χ1v) is 8.92. The number of nitrogens with one attached hydrogen (secondary N) is 2. The van der Waals surface area contributed by atoms with Crippen molar-refractivity contribution in [2.75, 3.05) is 19.7 Å². The van der Waals surface area contributed by atoms with Crippen LogP contribution in [0.3, 0.4) is 0 Å². The quantitative estimate of drug-likeness (QED) is 0.651. The second kappa shape index (κ2) is 6.52. The Bertz CT molecular complexity index is 381. The molecule has 1 aliphatic carbocycles. The van der Waals surface area contributed by atoms with Gasteiger partial charge in [0.2, 0.25) is 10.0 Å². The Kier molecular flexibility index (Phi) is 5.22. The molecule has 0 radical (unpaired) electrons. The summed E-state index contributed by atoms with van der Waals surface area (Å²) in [5, 5.41) is 2.76. The molecule has 1 saturated carbocycles. The van der Waals surface area contributed by atoms with Crippen LogP contribution in [0.15, 0.2) is 0 Å². The first kappa shape index (κ1) is 15.2. The van der Waals surface area contributed by atoms with Gasteiger partial charge in [-0.25, -0.2) is 13.1 Å². The molecular formula is C13H26N2O3S. The smallest absolute Gasteiger partial charge is 0.215 e. The van der Waals surface area contributed by atoms with Crippen molar-refractivity contribution in [3.63, 3.8) is 0 Å². The molecule has 2 N–H and O–H groups in total. The molecule has 3 unspecified atom stereocenters. The number of ether oxygens (including phenoxy) is 1. The van der Waals surface area contributed by atoms with Gasteiger partial charge in [-0.15, -0.1) is 0 Å². The summed E-state index contributed by atoms with van der Waals surface area (Å²) < 4.78 is 33.1. The van der Waals surface area contributed by atoms with Crippen molar-refractivity contribution in [3.05, 3.63) is 0 Å². The molecule has 5 nitrogen and oxygen atoms in total. The van der Waals surface area contributed by atoms with Crippen LogP contribution in [-0.2, 0) is 14.8 Å². The van der Waals surface area contributed by atoms with Crippen LogP contribution in [0.1, 0.15) is 39.5 Å². The third-order valence-corrected chi connectivity index (χ3v) is 5.78. The molecular weight excluding hydrogens is 264 g/mol. The molecule has 2 rings (SSSR count). The lowest BCUT2D eigenvalue weighted by atomic mass is 10.1. The zero-order valence-corrected chi connectivity index (χ0v) is 12.7. The zero-order chi connectivity index (χ0) is 13.9. The van der Waals surface area contributed by atoms with E-state index in [0.29, 0.717) is 19.1 Å². The Hall–Kier alpha value is -0.170. The average Bonchev–Trinajstić information content (AvgIpc) is 3.10. The second-order valence-corrected chi connectivity index (χ2v) is 7.88. The Morgan fingerprint density at radius 2 is 2.05 bits per heavy atom. The summed E-state index contributed by atoms with van der Waals surface area (Å²) in [5.74, 6) is 0.573. The molecule has 1 aliphatic heterocycles. The second-order valence-electron chi connectivity index (χ2n) is 5.75. The van der Waals surface area contributed by atoms with Gasteiger partial charge in [0, 0.05) is 13.2 Å². The van der Waals surface area contributed by atoms with Crippen LogP contribution >= 0.6 is 0 Å². The van der Waals surface area contributed by atoms with E-state index in [0.717, 1.165) is 19.4 Å². The third kappa shape index (κ3) is 4.15. The van der Waals surface area contributed by atoms with Gasteiger partial charge in [0.1, 0.15) is 0 Å². The molecule has 0 bridgehead atoms. The van der Waals surface area contributed by atoms with Crippen molar-refractivity contribution in [1.29, 1.82) is 0 Å². The highest BCUT2D eigenvalue weighted by Crippen LogP contribution is 2.38. The molecule has 1 heterocycles. The molecule has 0 aromatic rings. The fraction of sp³-hybridized carbons (Fsp3) is 1.00. The predicted molar refractivity (Wildman–Crippen MR) is 75.5 cm³/mol. The van der Waals surface area contributed by atoms with Crippen LogP contribution in [0.2, 0.25) is 0 Å². The Morgan fingerprint density at radius 3 is 2.68 bits per heavy atom. The van der Waals surface area contributed by atoms with E-state index < -0.39 is 15.3 Å². The number of sulfonamides is 1. The maximum atomic E-state index is 12.3. The largest absolute Gasteiger partial charge is 0.376 e. The van der Waals surface area contributed by atoms with E-state index in [9.17, 15) is 8.42 Å². The summed E-state index contributed by atoms with van der Waals surface area (Å²) in [5.41, 5.74) is 0. The standard InChI is InChI=1S/C13H26N2O3S/c1-3-7-14-9-10(2)19(16,17)15-12-6-8-18-13(12)11-4-5-11/h10-15H,3-9H2,1-2H3. The topological polar surface area (TPSA) is 67.4 Å². The Balaban J connectivity index is 1.85. The van der Waals surface area contributed by atoms with Crippen LogP contribution < -0.4 is 10.0 Å². The van der Waals surface area contributed by atoms with Gasteiger partial charge in [0.25, 0.3) is 0 Å². The Morgan fingerprint density at radius 1 is 1.32 bits per heavy atom. The van der Waals surface area contributed by atoms with Crippen molar-refractivity contribution in [1.82, 2.24) is 10.0 Å². The molecule has 3 atom stereocenters. The SMILES string of the molecule is CCCNCC(C)S(=O)(=O)NC1CCOC1C1CC1. The van der Waals surface area contributed by atoms with E-state index in [4.69, 9.17) is 4.74 Å². The predicted octanol–water partition coefficient (Wildman–Crippen LogP) is 0.861. The van der Waals surface area contributed by atoms with Crippen LogP contribution in [-0.4, -0.2) is 45.5 Å². The van der Waals surface area contributed by atoms with Crippen molar-refractivity contribution < 1.29 is 13.2 Å². The van der Waals surface area contributed by atoms with E-state index in [1.807, 2.05) is 0 Å². The minimum absolute atomic E-state index is 0.0221. The van der Waals surface area contributed by atoms with Crippen molar-refractivity contribution in [3.8, 4) is 0 Å². The minimum Gasteiger partial charge on any atom is -0.376 e. The highest BCUT2D eigenvalue weighted by molar-refractivity contribution is 7.90. The Labute approximate surface area is 116 Å². The number of hydrogen-bond acceptors (Lipinski definition) is 4. The van der Waals surface area contributed by atoms with E-state index in [2.05, 4.69) is 17.0 Å². The molecule has 0 spiro atoms. The van der Waals surface area contributed by atoms with E-state index in [1.165, 1.54) is 12.8 Å². The molecule has 2 fully saturated rings. The molecule has 2 aliphatic rings. The maximum absolute atomic E-state index is 12.3. The lowest BCUT2D eigenvalue weighted by Gasteiger charge is -2.22. The van der Waals surface area contributed by atoms with Crippen molar-refractivity contribution >= 4 is 10.0 Å². The van der Waals surface area contributed by atoms with E-state index in [1.54, 1.807) is 6.92 Å². The lowest BCUT2D eigenvalue weighted by Crippen LogP contribution is -2.47. The molecule has 6 heteroatoms. The van der Waals surface area contributed by atoms with Gasteiger partial charge in [-0.1, -0.05) is 6.92 Å². The van der Waals surface area contributed by atoms with Crippen LogP contribution in [0.25, 0.3) is 0 Å². The zero-order valence-electron chi connectivity index (χ0n) is 11.9. The summed E-state index contributed by atoms with van der Waals surface area (Å²) >= 11 is 0. The van der Waals surface area contributed by atoms with E-state index in [-0.39, 0.29) is 12.1 Å². The van der Waals surface area contributed by atoms with Crippen LogP contribution in [0, 0.1) is 5.92 Å². The summed E-state index contributed by atoms with van der Waals surface area (Å²) in [4.78, 5) is 0. The molecule has 112 valence electrons. The van der Waals surface area contributed by atoms with Crippen molar-refractivity contribution in [2.45, 2.75) is 56.9 Å². The fourth-order valence-electron chi connectivity index (χ4n) is 2.55. The molecule has 0 amide bonds. The van der Waals surface area contributed by atoms with E-state index >= 15 is 0 Å². The van der Waals surface area contributed by atoms with Gasteiger partial charge in [-0.2, -0.15) is 0 Å². The lowest BCUT2D eigenvalue weighted by molar-refractivity contribution is 0.0847. The molecule has 1 saturated heterocycles. The maximum Gasteiger partial charge on any atom is 0.215 e. The van der Waals surface area contributed by atoms with Gasteiger partial charge in [0.05, 0.1) is 17.4 Å². The molecule has 19 heavy (non-hydrogen) atoms. The van der Waals surface area contributed by atoms with Gasteiger partial charge < -0.3 is 10.1 Å². The highest BCUT2D eigenvalue weighted by atomic mass is 32.2. The van der Waals surface area contributed by atoms with Crippen LogP contribution in [0.5, 0.6) is 0 Å². The minimum atomic E-state index is -3.26.